The summed E-state index contributed by atoms with van der Waals surface area (Å²) >= 11 is 3.36. The Bertz CT molecular complexity index is 489. The van der Waals surface area contributed by atoms with Crippen molar-refractivity contribution in [3.8, 4) is 0 Å². The molecule has 0 radical (unpaired) electrons. The minimum absolute atomic E-state index is 0.626. The van der Waals surface area contributed by atoms with Crippen molar-refractivity contribution in [2.24, 2.45) is 4.36 Å². The lowest BCUT2D eigenvalue weighted by Crippen LogP contribution is -2.39. The molecule has 0 bridgehead atoms. The van der Waals surface area contributed by atoms with Gasteiger partial charge in [0.25, 0.3) is 0 Å². The molecule has 1 saturated heterocycles. The molecule has 1 aromatic rings. The number of hydrogen-bond donors (Lipinski definition) is 0. The molecule has 0 N–H and O–H groups in total. The summed E-state index contributed by atoms with van der Waals surface area (Å²) < 4.78 is 24.9. The minimum atomic E-state index is -2.34. The van der Waals surface area contributed by atoms with Gasteiger partial charge in [-0.15, -0.1) is 0 Å². The van der Waals surface area contributed by atoms with Gasteiger partial charge in [0.2, 0.25) is 0 Å². The summed E-state index contributed by atoms with van der Waals surface area (Å²) in [5, 5.41) is 0. The van der Waals surface area contributed by atoms with Gasteiger partial charge in [0.15, 0.2) is 0 Å². The van der Waals surface area contributed by atoms with Crippen LogP contribution in [0.5, 0.6) is 0 Å². The van der Waals surface area contributed by atoms with Crippen LogP contribution in [0.2, 0.25) is 0 Å². The molecule has 4 nitrogen and oxygen atoms in total. The van der Waals surface area contributed by atoms with Crippen LogP contribution in [0, 0.1) is 0 Å². The van der Waals surface area contributed by atoms with Crippen molar-refractivity contribution in [2.75, 3.05) is 32.6 Å². The zero-order chi connectivity index (χ0) is 12.3. The van der Waals surface area contributed by atoms with E-state index >= 15 is 0 Å². The van der Waals surface area contributed by atoms with E-state index in [4.69, 9.17) is 4.74 Å². The first-order valence-electron chi connectivity index (χ1n) is 5.38. The molecule has 1 aliphatic rings. The molecular weight excluding hydrogens is 304 g/mol. The second-order valence-electron chi connectivity index (χ2n) is 3.87. The summed E-state index contributed by atoms with van der Waals surface area (Å²) in [4.78, 5) is 0. The summed E-state index contributed by atoms with van der Waals surface area (Å²) in [6.45, 7) is 2.60. The van der Waals surface area contributed by atoms with Crippen LogP contribution in [0.15, 0.2) is 33.1 Å². The molecule has 1 atom stereocenters. The highest BCUT2D eigenvalue weighted by molar-refractivity contribution is 9.10. The fourth-order valence-electron chi connectivity index (χ4n) is 1.64. The average Bonchev–Trinajstić information content (AvgIpc) is 2.33. The Morgan fingerprint density at radius 1 is 1.29 bits per heavy atom. The van der Waals surface area contributed by atoms with Crippen LogP contribution in [0.25, 0.3) is 0 Å². The van der Waals surface area contributed by atoms with Crippen molar-refractivity contribution >= 4 is 31.5 Å². The van der Waals surface area contributed by atoms with E-state index in [2.05, 4.69) is 20.3 Å². The number of benzene rings is 1. The topological polar surface area (TPSA) is 41.9 Å². The Kier molecular flexibility index (Phi) is 4.19. The molecule has 0 saturated carbocycles. The SMILES string of the molecule is CS(=O)(=Nc1ccc(Br)cc1)N1CCOCC1. The Balaban J connectivity index is 2.24. The lowest BCUT2D eigenvalue weighted by Gasteiger charge is -2.27. The number of nitrogens with zero attached hydrogens (tertiary/aromatic N) is 2. The smallest absolute Gasteiger partial charge is 0.112 e. The van der Waals surface area contributed by atoms with E-state index in [9.17, 15) is 4.21 Å². The predicted octanol–water partition coefficient (Wildman–Crippen LogP) is 2.43. The molecule has 0 spiro atoms. The van der Waals surface area contributed by atoms with Gasteiger partial charge in [0, 0.05) is 23.8 Å². The lowest BCUT2D eigenvalue weighted by molar-refractivity contribution is 0.0748. The number of halogens is 1. The Labute approximate surface area is 110 Å². The van der Waals surface area contributed by atoms with Crippen LogP contribution in [-0.2, 0) is 14.7 Å². The first kappa shape index (κ1) is 13.0. The van der Waals surface area contributed by atoms with E-state index in [1.54, 1.807) is 6.26 Å². The summed E-state index contributed by atoms with van der Waals surface area (Å²) in [6.07, 6.45) is 1.68. The van der Waals surface area contributed by atoms with Crippen molar-refractivity contribution < 1.29 is 8.95 Å². The van der Waals surface area contributed by atoms with E-state index in [1.807, 2.05) is 28.6 Å². The molecule has 1 fully saturated rings. The van der Waals surface area contributed by atoms with Crippen molar-refractivity contribution in [3.63, 3.8) is 0 Å². The molecule has 94 valence electrons. The van der Waals surface area contributed by atoms with Gasteiger partial charge < -0.3 is 4.74 Å². The predicted molar refractivity (Wildman–Crippen MR) is 72.7 cm³/mol. The standard InChI is InChI=1S/C11H15BrN2O2S/c1-17(15,14-6-8-16-9-7-14)13-11-4-2-10(12)3-5-11/h2-5H,6-9H2,1H3. The van der Waals surface area contributed by atoms with Gasteiger partial charge in [-0.1, -0.05) is 15.9 Å². The molecule has 0 aliphatic carbocycles. The van der Waals surface area contributed by atoms with Gasteiger partial charge in [-0.2, -0.15) is 4.36 Å². The minimum Gasteiger partial charge on any atom is -0.379 e. The number of rotatable bonds is 2. The highest BCUT2D eigenvalue weighted by Crippen LogP contribution is 2.19. The maximum absolute atomic E-state index is 12.5. The second-order valence-corrected chi connectivity index (χ2v) is 7.01. The fraction of sp³-hybridized carbons (Fsp3) is 0.455. The number of morpholine rings is 1. The summed E-state index contributed by atoms with van der Waals surface area (Å²) in [5.41, 5.74) is 0.743. The number of ether oxygens (including phenoxy) is 1. The van der Waals surface area contributed by atoms with Gasteiger partial charge >= 0.3 is 0 Å². The summed E-state index contributed by atoms with van der Waals surface area (Å²) in [5.74, 6) is 0. The highest BCUT2D eigenvalue weighted by Gasteiger charge is 2.18. The van der Waals surface area contributed by atoms with E-state index < -0.39 is 9.92 Å². The normalized spacial score (nSPS) is 20.8. The molecule has 1 aliphatic heterocycles. The van der Waals surface area contributed by atoms with Gasteiger partial charge in [0.1, 0.15) is 9.92 Å². The van der Waals surface area contributed by atoms with Crippen LogP contribution in [0.3, 0.4) is 0 Å². The third-order valence-electron chi connectivity index (χ3n) is 2.55. The Morgan fingerprint density at radius 2 is 1.88 bits per heavy atom. The summed E-state index contributed by atoms with van der Waals surface area (Å²) in [7, 11) is -2.34. The highest BCUT2D eigenvalue weighted by atomic mass is 79.9. The van der Waals surface area contributed by atoms with Gasteiger partial charge in [0.05, 0.1) is 18.9 Å². The molecule has 1 aromatic carbocycles. The van der Waals surface area contributed by atoms with Crippen molar-refractivity contribution in [2.45, 2.75) is 0 Å². The third-order valence-corrected chi connectivity index (χ3v) is 4.95. The molecule has 2 rings (SSSR count). The van der Waals surface area contributed by atoms with E-state index in [0.29, 0.717) is 26.3 Å². The fourth-order valence-corrected chi connectivity index (χ4v) is 3.36. The first-order valence-corrected chi connectivity index (χ1v) is 8.06. The molecule has 17 heavy (non-hydrogen) atoms. The maximum atomic E-state index is 12.5. The average molecular weight is 319 g/mol. The molecular formula is C11H15BrN2O2S. The quantitative estimate of drug-likeness (QED) is 0.840. The van der Waals surface area contributed by atoms with E-state index in [0.717, 1.165) is 10.2 Å². The first-order chi connectivity index (χ1) is 8.08. The molecule has 0 amide bonds. The molecule has 0 aromatic heterocycles. The second kappa shape index (κ2) is 5.48. The molecule has 1 unspecified atom stereocenters. The van der Waals surface area contributed by atoms with Crippen molar-refractivity contribution in [1.29, 1.82) is 0 Å². The van der Waals surface area contributed by atoms with Crippen LogP contribution < -0.4 is 0 Å². The van der Waals surface area contributed by atoms with Crippen LogP contribution >= 0.6 is 15.9 Å². The van der Waals surface area contributed by atoms with Crippen LogP contribution in [0.4, 0.5) is 5.69 Å². The zero-order valence-corrected chi connectivity index (χ0v) is 12.0. The zero-order valence-electron chi connectivity index (χ0n) is 9.63. The van der Waals surface area contributed by atoms with Gasteiger partial charge in [-0.05, 0) is 24.3 Å². The van der Waals surface area contributed by atoms with Crippen LogP contribution in [-0.4, -0.2) is 41.1 Å². The van der Waals surface area contributed by atoms with Crippen LogP contribution in [0.1, 0.15) is 0 Å². The van der Waals surface area contributed by atoms with E-state index in [-0.39, 0.29) is 0 Å². The largest absolute Gasteiger partial charge is 0.379 e. The number of hydrogen-bond acceptors (Lipinski definition) is 3. The maximum Gasteiger partial charge on any atom is 0.112 e. The Hall–Kier alpha value is -0.430. The Morgan fingerprint density at radius 3 is 2.47 bits per heavy atom. The lowest BCUT2D eigenvalue weighted by atomic mass is 10.3. The third kappa shape index (κ3) is 3.51. The monoisotopic (exact) mass is 318 g/mol. The van der Waals surface area contributed by atoms with Crippen molar-refractivity contribution in [3.05, 3.63) is 28.7 Å². The van der Waals surface area contributed by atoms with Gasteiger partial charge in [-0.3, -0.25) is 0 Å². The molecule has 1 heterocycles. The van der Waals surface area contributed by atoms with E-state index in [1.165, 1.54) is 0 Å². The van der Waals surface area contributed by atoms with Crippen molar-refractivity contribution in [1.82, 2.24) is 4.31 Å². The molecule has 6 heteroatoms. The van der Waals surface area contributed by atoms with Gasteiger partial charge in [-0.25, -0.2) is 8.51 Å². The summed E-state index contributed by atoms with van der Waals surface area (Å²) in [6, 6.07) is 7.50.